The van der Waals surface area contributed by atoms with Crippen LogP contribution in [0.1, 0.15) is 54.0 Å². The minimum Gasteiger partial charge on any atom is -0.459 e. The van der Waals surface area contributed by atoms with Crippen molar-refractivity contribution < 1.29 is 23.2 Å². The Labute approximate surface area is 154 Å². The fraction of sp³-hybridized carbons (Fsp3) is 0.579. The maximum Gasteiger partial charge on any atom is 0.486 e. The van der Waals surface area contributed by atoms with E-state index in [-0.39, 0.29) is 0 Å². The molecular formula is C19H25BFNO4. The van der Waals surface area contributed by atoms with Crippen LogP contribution in [-0.2, 0) is 24.2 Å². The Morgan fingerprint density at radius 2 is 1.73 bits per heavy atom. The highest BCUT2D eigenvalue weighted by Crippen LogP contribution is 2.48. The van der Waals surface area contributed by atoms with Gasteiger partial charge in [-0.15, -0.1) is 0 Å². The molecule has 1 aromatic carbocycles. The molecule has 0 N–H and O–H groups in total. The number of esters is 1. The summed E-state index contributed by atoms with van der Waals surface area (Å²) in [7, 11) is -0.933. The minimum atomic E-state index is -1.39. The van der Waals surface area contributed by atoms with Gasteiger partial charge in [-0.3, -0.25) is 9.79 Å². The minimum absolute atomic E-state index is 0.380. The molecule has 0 bridgehead atoms. The van der Waals surface area contributed by atoms with Gasteiger partial charge in [0.15, 0.2) is 5.31 Å². The summed E-state index contributed by atoms with van der Waals surface area (Å²) in [5, 5.41) is -1.39. The lowest BCUT2D eigenvalue weighted by Gasteiger charge is -2.32. The van der Waals surface area contributed by atoms with Gasteiger partial charge in [-0.2, -0.15) is 0 Å². The van der Waals surface area contributed by atoms with E-state index in [9.17, 15) is 9.18 Å². The molecule has 0 spiro atoms. The standard InChI is InChI=1S/C19H25BFNO4/c1-16(2,3)24-15(23)19(20-25-17(4,5)18(6,7)26-20)11-22-14-10-12(21)8-9-13(14)19/h8-11H,1-7H3. The van der Waals surface area contributed by atoms with Crippen LogP contribution in [0, 0.1) is 5.82 Å². The van der Waals surface area contributed by atoms with Gasteiger partial charge in [-0.1, -0.05) is 6.07 Å². The zero-order valence-corrected chi connectivity index (χ0v) is 16.3. The first-order valence-corrected chi connectivity index (χ1v) is 8.73. The van der Waals surface area contributed by atoms with E-state index in [4.69, 9.17) is 14.0 Å². The summed E-state index contributed by atoms with van der Waals surface area (Å²) in [4.78, 5) is 17.6. The Balaban J connectivity index is 2.12. The van der Waals surface area contributed by atoms with Crippen molar-refractivity contribution in [3.05, 3.63) is 29.6 Å². The first kappa shape index (κ1) is 19.0. The third-order valence-electron chi connectivity index (χ3n) is 5.17. The fourth-order valence-corrected chi connectivity index (χ4v) is 3.04. The lowest BCUT2D eigenvalue weighted by Crippen LogP contribution is -2.54. The number of halogens is 1. The van der Waals surface area contributed by atoms with Crippen molar-refractivity contribution in [2.45, 2.75) is 70.6 Å². The highest BCUT2D eigenvalue weighted by atomic mass is 19.1. The molecule has 2 heterocycles. The number of benzene rings is 1. The van der Waals surface area contributed by atoms with E-state index < -0.39 is 41.0 Å². The molecule has 2 aliphatic heterocycles. The molecule has 3 rings (SSSR count). The van der Waals surface area contributed by atoms with Crippen LogP contribution in [0.4, 0.5) is 10.1 Å². The largest absolute Gasteiger partial charge is 0.486 e. The lowest BCUT2D eigenvalue weighted by molar-refractivity contribution is -0.157. The third kappa shape index (κ3) is 2.87. The van der Waals surface area contributed by atoms with Crippen molar-refractivity contribution in [3.63, 3.8) is 0 Å². The smallest absolute Gasteiger partial charge is 0.459 e. The van der Waals surface area contributed by atoms with Crippen LogP contribution in [0.3, 0.4) is 0 Å². The van der Waals surface area contributed by atoms with E-state index in [2.05, 4.69) is 4.99 Å². The second kappa shape index (κ2) is 5.63. The van der Waals surface area contributed by atoms with Gasteiger partial charge in [0.05, 0.1) is 16.9 Å². The summed E-state index contributed by atoms with van der Waals surface area (Å²) in [5.41, 5.74) is -1.08. The molecule has 1 aromatic rings. The number of aliphatic imine (C=N–C) groups is 1. The second-order valence-electron chi connectivity index (χ2n) is 8.88. The molecular weight excluding hydrogens is 336 g/mol. The number of rotatable bonds is 2. The first-order valence-electron chi connectivity index (χ1n) is 8.73. The van der Waals surface area contributed by atoms with Crippen molar-refractivity contribution in [2.24, 2.45) is 4.99 Å². The fourth-order valence-electron chi connectivity index (χ4n) is 3.04. The van der Waals surface area contributed by atoms with Gasteiger partial charge in [0.2, 0.25) is 0 Å². The molecule has 26 heavy (non-hydrogen) atoms. The number of fused-ring (bicyclic) bond motifs is 1. The zero-order chi connectivity index (χ0) is 19.5. The van der Waals surface area contributed by atoms with E-state index >= 15 is 0 Å². The van der Waals surface area contributed by atoms with Gasteiger partial charge in [0, 0.05) is 6.21 Å². The molecule has 1 unspecified atom stereocenters. The third-order valence-corrected chi connectivity index (χ3v) is 5.17. The van der Waals surface area contributed by atoms with Crippen LogP contribution in [0.2, 0.25) is 0 Å². The average Bonchev–Trinajstić information content (AvgIpc) is 2.92. The van der Waals surface area contributed by atoms with Gasteiger partial charge >= 0.3 is 13.1 Å². The molecule has 1 atom stereocenters. The van der Waals surface area contributed by atoms with Crippen LogP contribution < -0.4 is 0 Å². The van der Waals surface area contributed by atoms with Gasteiger partial charge < -0.3 is 14.0 Å². The van der Waals surface area contributed by atoms with Crippen molar-refractivity contribution >= 4 is 25.0 Å². The Morgan fingerprint density at radius 1 is 1.15 bits per heavy atom. The molecule has 2 aliphatic rings. The maximum absolute atomic E-state index is 13.7. The lowest BCUT2D eigenvalue weighted by atomic mass is 9.54. The van der Waals surface area contributed by atoms with Crippen LogP contribution in [0.5, 0.6) is 0 Å². The monoisotopic (exact) mass is 361 g/mol. The number of hydrogen-bond donors (Lipinski definition) is 0. The maximum atomic E-state index is 13.7. The van der Waals surface area contributed by atoms with E-state index in [0.717, 1.165) is 0 Å². The molecule has 140 valence electrons. The molecule has 7 heteroatoms. The van der Waals surface area contributed by atoms with E-state index in [1.807, 2.05) is 27.7 Å². The Morgan fingerprint density at radius 3 is 2.27 bits per heavy atom. The summed E-state index contributed by atoms with van der Waals surface area (Å²) in [5.74, 6) is -0.951. The highest BCUT2D eigenvalue weighted by molar-refractivity contribution is 6.61. The predicted molar refractivity (Wildman–Crippen MR) is 98.2 cm³/mol. The van der Waals surface area contributed by atoms with Crippen molar-refractivity contribution in [1.82, 2.24) is 0 Å². The van der Waals surface area contributed by atoms with E-state index in [1.165, 1.54) is 18.3 Å². The highest BCUT2D eigenvalue weighted by Gasteiger charge is 2.65. The van der Waals surface area contributed by atoms with Gasteiger partial charge in [-0.05, 0) is 66.2 Å². The summed E-state index contributed by atoms with van der Waals surface area (Å²) in [6.45, 7) is 13.0. The predicted octanol–water partition coefficient (Wildman–Crippen LogP) is 3.75. The molecule has 0 aliphatic carbocycles. The number of ether oxygens (including phenoxy) is 1. The molecule has 0 amide bonds. The zero-order valence-electron chi connectivity index (χ0n) is 16.3. The Kier molecular flexibility index (Phi) is 4.13. The van der Waals surface area contributed by atoms with Crippen LogP contribution in [-0.4, -0.2) is 36.1 Å². The Bertz CT molecular complexity index is 768. The topological polar surface area (TPSA) is 57.1 Å². The summed E-state index contributed by atoms with van der Waals surface area (Å²) < 4.78 is 31.7. The molecule has 0 radical (unpaired) electrons. The molecule has 0 saturated carbocycles. The normalized spacial score (nSPS) is 26.1. The SMILES string of the molecule is CC(C)(C)OC(=O)C1(B2OC(C)(C)C(C)(C)O2)C=Nc2cc(F)ccc21. The number of hydrogen-bond acceptors (Lipinski definition) is 5. The van der Waals surface area contributed by atoms with Crippen LogP contribution in [0.15, 0.2) is 23.2 Å². The molecule has 1 fully saturated rings. The van der Waals surface area contributed by atoms with Gasteiger partial charge in [-0.25, -0.2) is 4.39 Å². The summed E-state index contributed by atoms with van der Waals surface area (Å²) in [6, 6.07) is 4.15. The molecule has 5 nitrogen and oxygen atoms in total. The molecule has 0 aromatic heterocycles. The summed E-state index contributed by atoms with van der Waals surface area (Å²) >= 11 is 0. The molecule has 1 saturated heterocycles. The Hall–Kier alpha value is -1.73. The van der Waals surface area contributed by atoms with Crippen molar-refractivity contribution in [3.8, 4) is 0 Å². The van der Waals surface area contributed by atoms with E-state index in [1.54, 1.807) is 26.8 Å². The van der Waals surface area contributed by atoms with Gasteiger partial charge in [0.1, 0.15) is 11.4 Å². The number of nitrogens with zero attached hydrogens (tertiary/aromatic N) is 1. The number of carbonyl (C=O) groups is 1. The van der Waals surface area contributed by atoms with E-state index in [0.29, 0.717) is 11.3 Å². The average molecular weight is 361 g/mol. The van der Waals surface area contributed by atoms with Crippen molar-refractivity contribution in [1.29, 1.82) is 0 Å². The van der Waals surface area contributed by atoms with Crippen molar-refractivity contribution in [2.75, 3.05) is 0 Å². The first-order chi connectivity index (χ1) is 11.8. The van der Waals surface area contributed by atoms with Crippen LogP contribution >= 0.6 is 0 Å². The van der Waals surface area contributed by atoms with Gasteiger partial charge in [0.25, 0.3) is 0 Å². The van der Waals surface area contributed by atoms with Crippen LogP contribution in [0.25, 0.3) is 0 Å². The summed E-state index contributed by atoms with van der Waals surface area (Å²) in [6.07, 6.45) is 1.47. The quantitative estimate of drug-likeness (QED) is 0.595. The second-order valence-corrected chi connectivity index (χ2v) is 8.88. The number of carbonyl (C=O) groups excluding carboxylic acids is 1.